The molecule has 0 aromatic rings. The fourth-order valence-electron chi connectivity index (χ4n) is 2.59. The van der Waals surface area contributed by atoms with Crippen LogP contribution in [0.5, 0.6) is 0 Å². The number of hydrogen-bond donors (Lipinski definition) is 1. The van der Waals surface area contributed by atoms with Crippen molar-refractivity contribution in [1.82, 2.24) is 10.2 Å². The zero-order valence-corrected chi connectivity index (χ0v) is 10.9. The highest BCUT2D eigenvalue weighted by Crippen LogP contribution is 2.39. The van der Waals surface area contributed by atoms with E-state index in [0.29, 0.717) is 11.8 Å². The first kappa shape index (κ1) is 11.9. The maximum absolute atomic E-state index is 12.2. The maximum atomic E-state index is 12.2. The lowest BCUT2D eigenvalue weighted by atomic mass is 9.99. The second-order valence-corrected chi connectivity index (χ2v) is 5.67. The average molecular weight is 224 g/mol. The third kappa shape index (κ3) is 2.10. The Morgan fingerprint density at radius 2 is 2.12 bits per heavy atom. The van der Waals surface area contributed by atoms with E-state index in [2.05, 4.69) is 33.0 Å². The molecule has 3 nitrogen and oxygen atoms in total. The highest BCUT2D eigenvalue weighted by atomic mass is 16.2. The van der Waals surface area contributed by atoms with Gasteiger partial charge in [0.05, 0.1) is 12.2 Å². The first-order valence-corrected chi connectivity index (χ1v) is 6.61. The molecule has 1 amide bonds. The third-order valence-electron chi connectivity index (χ3n) is 4.36. The molecule has 1 aliphatic carbocycles. The van der Waals surface area contributed by atoms with Crippen molar-refractivity contribution in [2.24, 2.45) is 17.8 Å². The fraction of sp³-hybridized carbons (Fsp3) is 0.923. The largest absolute Gasteiger partial charge is 0.326 e. The van der Waals surface area contributed by atoms with Gasteiger partial charge >= 0.3 is 0 Å². The van der Waals surface area contributed by atoms with Crippen LogP contribution in [0, 0.1) is 17.8 Å². The minimum Gasteiger partial charge on any atom is -0.326 e. The number of hydrogen-bond acceptors (Lipinski definition) is 2. The molecule has 1 saturated carbocycles. The lowest BCUT2D eigenvalue weighted by Gasteiger charge is -2.20. The first-order valence-electron chi connectivity index (χ1n) is 6.61. The van der Waals surface area contributed by atoms with Crippen molar-refractivity contribution in [2.75, 3.05) is 6.54 Å². The van der Waals surface area contributed by atoms with E-state index in [0.717, 1.165) is 24.8 Å². The monoisotopic (exact) mass is 224 g/mol. The zero-order valence-electron chi connectivity index (χ0n) is 10.9. The number of amides is 1. The van der Waals surface area contributed by atoms with Crippen LogP contribution in [0.15, 0.2) is 0 Å². The molecule has 1 saturated heterocycles. The van der Waals surface area contributed by atoms with Gasteiger partial charge in [-0.2, -0.15) is 0 Å². The Morgan fingerprint density at radius 1 is 1.50 bits per heavy atom. The van der Waals surface area contributed by atoms with Crippen molar-refractivity contribution in [3.63, 3.8) is 0 Å². The molecule has 5 atom stereocenters. The van der Waals surface area contributed by atoms with Gasteiger partial charge in [0.2, 0.25) is 5.91 Å². The van der Waals surface area contributed by atoms with Gasteiger partial charge in [0.15, 0.2) is 0 Å². The molecule has 16 heavy (non-hydrogen) atoms. The highest BCUT2D eigenvalue weighted by molar-refractivity contribution is 5.84. The SMILES string of the molecule is CCC(C)C1NC(C)N(CC2CC2C)C1=O. The summed E-state index contributed by atoms with van der Waals surface area (Å²) in [5, 5.41) is 3.43. The van der Waals surface area contributed by atoms with Crippen LogP contribution in [0.1, 0.15) is 40.5 Å². The van der Waals surface area contributed by atoms with Crippen LogP contribution in [0.2, 0.25) is 0 Å². The molecular formula is C13H24N2O. The summed E-state index contributed by atoms with van der Waals surface area (Å²) in [6.45, 7) is 9.64. The molecule has 5 unspecified atom stereocenters. The van der Waals surface area contributed by atoms with Crippen molar-refractivity contribution in [1.29, 1.82) is 0 Å². The molecule has 3 heteroatoms. The molecule has 2 fully saturated rings. The van der Waals surface area contributed by atoms with Crippen molar-refractivity contribution in [2.45, 2.75) is 52.7 Å². The van der Waals surface area contributed by atoms with Crippen LogP contribution in [0.4, 0.5) is 0 Å². The van der Waals surface area contributed by atoms with E-state index < -0.39 is 0 Å². The molecule has 92 valence electrons. The molecule has 0 spiro atoms. The van der Waals surface area contributed by atoms with Gasteiger partial charge in [-0.3, -0.25) is 10.1 Å². The Morgan fingerprint density at radius 3 is 2.62 bits per heavy atom. The molecule has 2 rings (SSSR count). The zero-order chi connectivity index (χ0) is 11.9. The Kier molecular flexibility index (Phi) is 3.24. The fourth-order valence-corrected chi connectivity index (χ4v) is 2.59. The Labute approximate surface area is 98.6 Å². The summed E-state index contributed by atoms with van der Waals surface area (Å²) in [5.74, 6) is 2.34. The van der Waals surface area contributed by atoms with Gasteiger partial charge in [-0.05, 0) is 31.1 Å². The summed E-state index contributed by atoms with van der Waals surface area (Å²) >= 11 is 0. The predicted molar refractivity (Wildman–Crippen MR) is 64.8 cm³/mol. The lowest BCUT2D eigenvalue weighted by molar-refractivity contribution is -0.130. The quantitative estimate of drug-likeness (QED) is 0.790. The lowest BCUT2D eigenvalue weighted by Crippen LogP contribution is -2.36. The van der Waals surface area contributed by atoms with Crippen LogP contribution in [-0.2, 0) is 4.79 Å². The Hall–Kier alpha value is -0.570. The minimum absolute atomic E-state index is 0.0501. The number of carbonyl (C=O) groups excluding carboxylic acids is 1. The second-order valence-electron chi connectivity index (χ2n) is 5.67. The first-order chi connectivity index (χ1) is 7.54. The number of nitrogens with zero attached hydrogens (tertiary/aromatic N) is 1. The summed E-state index contributed by atoms with van der Waals surface area (Å²) < 4.78 is 0. The van der Waals surface area contributed by atoms with E-state index in [1.54, 1.807) is 0 Å². The minimum atomic E-state index is 0.0501. The van der Waals surface area contributed by atoms with Crippen LogP contribution < -0.4 is 5.32 Å². The molecular weight excluding hydrogens is 200 g/mol. The third-order valence-corrected chi connectivity index (χ3v) is 4.36. The molecule has 2 aliphatic rings. The normalized spacial score (nSPS) is 40.2. The van der Waals surface area contributed by atoms with E-state index in [9.17, 15) is 4.79 Å². The van der Waals surface area contributed by atoms with E-state index in [1.807, 2.05) is 4.90 Å². The summed E-state index contributed by atoms with van der Waals surface area (Å²) in [7, 11) is 0. The molecule has 1 heterocycles. The second kappa shape index (κ2) is 4.36. The maximum Gasteiger partial charge on any atom is 0.241 e. The Balaban J connectivity index is 1.96. The molecule has 0 aromatic carbocycles. The molecule has 0 aromatic heterocycles. The predicted octanol–water partition coefficient (Wildman–Crippen LogP) is 1.83. The van der Waals surface area contributed by atoms with Gasteiger partial charge in [0, 0.05) is 6.54 Å². The topological polar surface area (TPSA) is 32.3 Å². The molecule has 1 aliphatic heterocycles. The van der Waals surface area contributed by atoms with Gasteiger partial charge in [-0.25, -0.2) is 0 Å². The molecule has 0 bridgehead atoms. The highest BCUT2D eigenvalue weighted by Gasteiger charge is 2.43. The molecule has 0 radical (unpaired) electrons. The van der Waals surface area contributed by atoms with E-state index >= 15 is 0 Å². The van der Waals surface area contributed by atoms with Crippen LogP contribution in [0.3, 0.4) is 0 Å². The van der Waals surface area contributed by atoms with E-state index in [-0.39, 0.29) is 12.2 Å². The number of rotatable bonds is 4. The van der Waals surface area contributed by atoms with Gasteiger partial charge in [-0.15, -0.1) is 0 Å². The van der Waals surface area contributed by atoms with Crippen LogP contribution in [-0.4, -0.2) is 29.6 Å². The van der Waals surface area contributed by atoms with Crippen molar-refractivity contribution < 1.29 is 4.79 Å². The molecule has 1 N–H and O–H groups in total. The van der Waals surface area contributed by atoms with E-state index in [4.69, 9.17) is 0 Å². The smallest absolute Gasteiger partial charge is 0.241 e. The summed E-state index contributed by atoms with van der Waals surface area (Å²) in [5.41, 5.74) is 0. The van der Waals surface area contributed by atoms with Crippen molar-refractivity contribution >= 4 is 5.91 Å². The summed E-state index contributed by atoms with van der Waals surface area (Å²) in [4.78, 5) is 14.3. The standard InChI is InChI=1S/C13H24N2O/c1-5-8(2)12-13(16)15(10(4)14-12)7-11-6-9(11)3/h8-12,14H,5-7H2,1-4H3. The van der Waals surface area contributed by atoms with Crippen LogP contribution in [0.25, 0.3) is 0 Å². The van der Waals surface area contributed by atoms with Crippen LogP contribution >= 0.6 is 0 Å². The van der Waals surface area contributed by atoms with Gasteiger partial charge < -0.3 is 4.90 Å². The number of carbonyl (C=O) groups is 1. The van der Waals surface area contributed by atoms with Crippen molar-refractivity contribution in [3.05, 3.63) is 0 Å². The number of nitrogens with one attached hydrogen (secondary N) is 1. The van der Waals surface area contributed by atoms with E-state index in [1.165, 1.54) is 6.42 Å². The van der Waals surface area contributed by atoms with Gasteiger partial charge in [-0.1, -0.05) is 27.2 Å². The van der Waals surface area contributed by atoms with Crippen molar-refractivity contribution in [3.8, 4) is 0 Å². The summed E-state index contributed by atoms with van der Waals surface area (Å²) in [6, 6.07) is 0.0501. The average Bonchev–Trinajstić information content (AvgIpc) is 2.88. The van der Waals surface area contributed by atoms with Gasteiger partial charge in [0.1, 0.15) is 0 Å². The van der Waals surface area contributed by atoms with Gasteiger partial charge in [0.25, 0.3) is 0 Å². The summed E-state index contributed by atoms with van der Waals surface area (Å²) in [6.07, 6.45) is 2.58. The Bertz CT molecular complexity index is 279.